The Hall–Kier alpha value is -1.64. The molecule has 1 heterocycles. The normalized spacial score (nSPS) is 10.1. The van der Waals surface area contributed by atoms with E-state index in [1.54, 1.807) is 24.3 Å². The van der Waals surface area contributed by atoms with Gasteiger partial charge in [-0.05, 0) is 24.3 Å². The third-order valence-electron chi connectivity index (χ3n) is 1.78. The van der Waals surface area contributed by atoms with Crippen LogP contribution in [0.25, 0.3) is 10.6 Å². The number of nitrogens with two attached hydrogens (primary N) is 1. The Labute approximate surface area is 95.5 Å². The minimum atomic E-state index is -1.82. The summed E-state index contributed by atoms with van der Waals surface area (Å²) >= 11 is 1.28. The Morgan fingerprint density at radius 3 is 2.38 bits per heavy atom. The van der Waals surface area contributed by atoms with Crippen molar-refractivity contribution < 1.29 is 14.7 Å². The molecule has 0 aliphatic rings. The van der Waals surface area contributed by atoms with Crippen molar-refractivity contribution in [2.45, 2.75) is 0 Å². The van der Waals surface area contributed by atoms with Gasteiger partial charge in [0.2, 0.25) is 5.13 Å². The highest BCUT2D eigenvalue weighted by Gasteiger charge is 2.11. The zero-order valence-electron chi connectivity index (χ0n) is 8.07. The molecule has 0 aliphatic heterocycles. The van der Waals surface area contributed by atoms with Crippen molar-refractivity contribution in [3.63, 3.8) is 0 Å². The molecule has 6 nitrogen and oxygen atoms in total. The maximum atomic E-state index is 8.59. The maximum absolute atomic E-state index is 8.59. The Morgan fingerprint density at radius 1 is 1.19 bits per heavy atom. The Balaban J connectivity index is 2.19. The van der Waals surface area contributed by atoms with E-state index in [0.29, 0.717) is 15.9 Å². The summed E-state index contributed by atoms with van der Waals surface area (Å²) < 4.78 is 4.66. The summed E-state index contributed by atoms with van der Waals surface area (Å²) in [5.41, 5.74) is 6.31. The van der Waals surface area contributed by atoms with Gasteiger partial charge in [0.1, 0.15) is 10.8 Å². The van der Waals surface area contributed by atoms with E-state index in [0.717, 1.165) is 5.56 Å². The van der Waals surface area contributed by atoms with E-state index in [4.69, 9.17) is 15.8 Å². The van der Waals surface area contributed by atoms with Crippen LogP contribution in [0.3, 0.4) is 0 Å². The minimum Gasteiger partial charge on any atom is -0.512 e. The predicted molar refractivity (Wildman–Crippen MR) is 60.6 cm³/mol. The summed E-state index contributed by atoms with van der Waals surface area (Å²) in [6.07, 6.45) is 0. The second-order valence-electron chi connectivity index (χ2n) is 2.91. The molecule has 0 unspecified atom stereocenters. The lowest BCUT2D eigenvalue weighted by Gasteiger charge is -2.04. The second-order valence-corrected chi connectivity index (χ2v) is 3.92. The number of rotatable bonds is 3. The van der Waals surface area contributed by atoms with Gasteiger partial charge in [-0.2, -0.15) is 0 Å². The van der Waals surface area contributed by atoms with Crippen LogP contribution in [0.1, 0.15) is 0 Å². The molecule has 4 N–H and O–H groups in total. The third-order valence-corrected chi connectivity index (χ3v) is 2.58. The van der Waals surface area contributed by atoms with Crippen LogP contribution in [0.2, 0.25) is 0 Å². The fraction of sp³-hybridized carbons (Fsp3) is 0. The molecule has 0 amide bonds. The lowest BCUT2D eigenvalue weighted by molar-refractivity contribution is 0.288. The smallest absolute Gasteiger partial charge is 0.512 e. The monoisotopic (exact) mass is 237 g/mol. The SMILES string of the molecule is Nc1nnc(-c2ccc(OB(O)O)cc2)s1. The molecule has 0 saturated heterocycles. The van der Waals surface area contributed by atoms with E-state index in [9.17, 15) is 0 Å². The molecule has 0 bridgehead atoms. The molecule has 8 heteroatoms. The zero-order valence-corrected chi connectivity index (χ0v) is 8.89. The molecule has 1 aromatic carbocycles. The van der Waals surface area contributed by atoms with Gasteiger partial charge in [0, 0.05) is 5.56 Å². The first-order valence-corrected chi connectivity index (χ1v) is 5.19. The predicted octanol–water partition coefficient (Wildman–Crippen LogP) is 0.136. The molecule has 0 spiro atoms. The van der Waals surface area contributed by atoms with E-state index < -0.39 is 7.32 Å². The van der Waals surface area contributed by atoms with Crippen molar-refractivity contribution in [3.05, 3.63) is 24.3 Å². The number of nitrogens with zero attached hydrogens (tertiary/aromatic N) is 2. The second kappa shape index (κ2) is 4.48. The number of benzene rings is 1. The molecule has 2 aromatic rings. The minimum absolute atomic E-state index is 0.358. The molecule has 0 radical (unpaired) electrons. The van der Waals surface area contributed by atoms with Crippen molar-refractivity contribution in [2.24, 2.45) is 0 Å². The van der Waals surface area contributed by atoms with E-state index in [1.165, 1.54) is 11.3 Å². The van der Waals surface area contributed by atoms with Crippen LogP contribution < -0.4 is 10.4 Å². The first-order valence-electron chi connectivity index (χ1n) is 4.37. The van der Waals surface area contributed by atoms with Crippen molar-refractivity contribution in [1.29, 1.82) is 0 Å². The van der Waals surface area contributed by atoms with Crippen LogP contribution in [0, 0.1) is 0 Å². The molecule has 2 rings (SSSR count). The van der Waals surface area contributed by atoms with Crippen LogP contribution >= 0.6 is 11.3 Å². The van der Waals surface area contributed by atoms with Crippen LogP contribution in [-0.4, -0.2) is 27.6 Å². The number of anilines is 1. The lowest BCUT2D eigenvalue weighted by Crippen LogP contribution is -2.20. The van der Waals surface area contributed by atoms with Gasteiger partial charge in [0.25, 0.3) is 0 Å². The molecule has 0 saturated carbocycles. The van der Waals surface area contributed by atoms with Gasteiger partial charge in [-0.25, -0.2) is 0 Å². The lowest BCUT2D eigenvalue weighted by atomic mass is 10.2. The van der Waals surface area contributed by atoms with Gasteiger partial charge in [0.15, 0.2) is 0 Å². The maximum Gasteiger partial charge on any atom is 0.707 e. The van der Waals surface area contributed by atoms with Crippen molar-refractivity contribution in [3.8, 4) is 16.3 Å². The van der Waals surface area contributed by atoms with Gasteiger partial charge in [-0.1, -0.05) is 11.3 Å². The summed E-state index contributed by atoms with van der Waals surface area (Å²) in [6, 6.07) is 6.67. The largest absolute Gasteiger partial charge is 0.707 e. The Morgan fingerprint density at radius 2 is 1.88 bits per heavy atom. The van der Waals surface area contributed by atoms with Gasteiger partial charge in [-0.3, -0.25) is 0 Å². The van der Waals surface area contributed by atoms with E-state index >= 15 is 0 Å². The first-order chi connectivity index (χ1) is 7.65. The van der Waals surface area contributed by atoms with E-state index in [-0.39, 0.29) is 0 Å². The van der Waals surface area contributed by atoms with E-state index in [1.807, 2.05) is 0 Å². The summed E-state index contributed by atoms with van der Waals surface area (Å²) in [4.78, 5) is 0. The van der Waals surface area contributed by atoms with Crippen molar-refractivity contribution in [1.82, 2.24) is 10.2 Å². The van der Waals surface area contributed by atoms with Gasteiger partial charge < -0.3 is 20.4 Å². The molecule has 16 heavy (non-hydrogen) atoms. The number of aromatic nitrogens is 2. The molecular formula is C8H8BN3O3S. The fourth-order valence-electron chi connectivity index (χ4n) is 1.15. The molecular weight excluding hydrogens is 229 g/mol. The molecule has 0 fully saturated rings. The number of hydrogen-bond acceptors (Lipinski definition) is 7. The fourth-order valence-corrected chi connectivity index (χ4v) is 1.76. The van der Waals surface area contributed by atoms with Crippen molar-refractivity contribution >= 4 is 23.8 Å². The summed E-state index contributed by atoms with van der Waals surface area (Å²) in [5, 5.41) is 25.9. The molecule has 0 atom stereocenters. The average molecular weight is 237 g/mol. The van der Waals surface area contributed by atoms with Crippen LogP contribution in [0.15, 0.2) is 24.3 Å². The topological polar surface area (TPSA) is 101 Å². The Bertz CT molecular complexity index is 474. The molecule has 0 aliphatic carbocycles. The van der Waals surface area contributed by atoms with Crippen molar-refractivity contribution in [2.75, 3.05) is 5.73 Å². The number of nitrogen functional groups attached to an aromatic ring is 1. The third kappa shape index (κ3) is 2.48. The van der Waals surface area contributed by atoms with E-state index in [2.05, 4.69) is 14.9 Å². The highest BCUT2D eigenvalue weighted by atomic mass is 32.1. The average Bonchev–Trinajstić information content (AvgIpc) is 2.65. The van der Waals surface area contributed by atoms with Crippen LogP contribution in [0.4, 0.5) is 5.13 Å². The highest BCUT2D eigenvalue weighted by molar-refractivity contribution is 7.18. The highest BCUT2D eigenvalue weighted by Crippen LogP contribution is 2.26. The summed E-state index contributed by atoms with van der Waals surface area (Å²) in [5.74, 6) is 0.358. The zero-order chi connectivity index (χ0) is 11.5. The number of hydrogen-bond donors (Lipinski definition) is 3. The molecule has 1 aromatic heterocycles. The van der Waals surface area contributed by atoms with Gasteiger partial charge in [0.05, 0.1) is 0 Å². The first kappa shape index (κ1) is 10.9. The van der Waals surface area contributed by atoms with Crippen LogP contribution in [-0.2, 0) is 0 Å². The van der Waals surface area contributed by atoms with Gasteiger partial charge >= 0.3 is 7.32 Å². The standard InChI is InChI=1S/C8H8BN3O3S/c10-8-12-11-7(16-8)5-1-3-6(4-2-5)15-9(13)14/h1-4,13-14H,(H2,10,12). The van der Waals surface area contributed by atoms with Gasteiger partial charge in [-0.15, -0.1) is 10.2 Å². The van der Waals surface area contributed by atoms with Crippen LogP contribution in [0.5, 0.6) is 5.75 Å². The molecule has 82 valence electrons. The summed E-state index contributed by atoms with van der Waals surface area (Å²) in [7, 11) is -1.82. The quantitative estimate of drug-likeness (QED) is 0.656. The Kier molecular flexibility index (Phi) is 3.04. The summed E-state index contributed by atoms with van der Waals surface area (Å²) in [6.45, 7) is 0.